The van der Waals surface area contributed by atoms with Crippen LogP contribution in [0.5, 0.6) is 0 Å². The fourth-order valence-corrected chi connectivity index (χ4v) is 1.07. The third-order valence-corrected chi connectivity index (χ3v) is 2.28. The van der Waals surface area contributed by atoms with Crippen LogP contribution in [0.15, 0.2) is 0 Å². The molecular weight excluding hydrogens is 174 g/mol. The first-order chi connectivity index (χ1) is 6.93. The van der Waals surface area contributed by atoms with E-state index < -0.39 is 0 Å². The lowest BCUT2D eigenvalue weighted by Gasteiger charge is -2.03. The van der Waals surface area contributed by atoms with Crippen molar-refractivity contribution in [1.29, 1.82) is 0 Å². The lowest BCUT2D eigenvalue weighted by molar-refractivity contribution is 0.511. The van der Waals surface area contributed by atoms with E-state index in [1.54, 1.807) is 0 Å². The van der Waals surface area contributed by atoms with Crippen LogP contribution in [0.4, 0.5) is 0 Å². The summed E-state index contributed by atoms with van der Waals surface area (Å²) in [7, 11) is 0. The van der Waals surface area contributed by atoms with E-state index in [0.717, 1.165) is 26.1 Å². The average molecular weight is 199 g/mol. The molecule has 0 aromatic carbocycles. The summed E-state index contributed by atoms with van der Waals surface area (Å²) in [5.74, 6) is 0. The van der Waals surface area contributed by atoms with Crippen molar-refractivity contribution in [3.05, 3.63) is 0 Å². The molecule has 84 valence electrons. The zero-order valence-corrected chi connectivity index (χ0v) is 9.30. The fourth-order valence-electron chi connectivity index (χ4n) is 1.07. The van der Waals surface area contributed by atoms with Gasteiger partial charge in [0, 0.05) is 13.1 Å². The Balaban J connectivity index is 0.000000276. The Morgan fingerprint density at radius 2 is 1.64 bits per heavy atom. The maximum Gasteiger partial charge on any atom is 0.0110 e. The van der Waals surface area contributed by atoms with Crippen molar-refractivity contribution >= 4 is 0 Å². The first-order valence-electron chi connectivity index (χ1n) is 6.06. The number of nitrogens with two attached hydrogens (primary N) is 1. The van der Waals surface area contributed by atoms with E-state index in [1.807, 2.05) is 0 Å². The second-order valence-corrected chi connectivity index (χ2v) is 4.15. The second-order valence-electron chi connectivity index (χ2n) is 4.15. The highest BCUT2D eigenvalue weighted by Gasteiger charge is 2.14. The highest BCUT2D eigenvalue weighted by atomic mass is 15.2. The molecule has 0 aromatic rings. The minimum Gasteiger partial charge on any atom is -0.330 e. The molecular formula is C11H25N3. The van der Waals surface area contributed by atoms with Gasteiger partial charge in [0.2, 0.25) is 0 Å². The van der Waals surface area contributed by atoms with Gasteiger partial charge >= 0.3 is 0 Å². The number of rotatable bonds is 7. The highest BCUT2D eigenvalue weighted by Crippen LogP contribution is 2.14. The maximum absolute atomic E-state index is 5.35. The Bertz CT molecular complexity index is 119. The lowest BCUT2D eigenvalue weighted by atomic mass is 10.4. The van der Waals surface area contributed by atoms with Crippen molar-refractivity contribution in [2.24, 2.45) is 5.73 Å². The standard InChI is InChI=1S/C8H19N3.C3H6/c9-3-1-4-10-5-2-6-11-7-8-11;1-2-3-1/h10H,1-9H2;1-3H2. The van der Waals surface area contributed by atoms with Gasteiger partial charge in [-0.15, -0.1) is 0 Å². The van der Waals surface area contributed by atoms with Crippen LogP contribution in [0.25, 0.3) is 0 Å². The minimum absolute atomic E-state index is 0.805. The molecule has 0 bridgehead atoms. The van der Waals surface area contributed by atoms with Crippen molar-refractivity contribution in [3.8, 4) is 0 Å². The van der Waals surface area contributed by atoms with Crippen LogP contribution in [-0.2, 0) is 0 Å². The van der Waals surface area contributed by atoms with Gasteiger partial charge in [-0.25, -0.2) is 0 Å². The van der Waals surface area contributed by atoms with Gasteiger partial charge in [-0.05, 0) is 39.0 Å². The summed E-state index contributed by atoms with van der Waals surface area (Å²) in [6.45, 7) is 6.95. The number of nitrogens with one attached hydrogen (secondary N) is 1. The SMILES string of the molecule is C1CC1.NCCCNCCCN1CC1. The molecule has 1 saturated heterocycles. The van der Waals surface area contributed by atoms with Crippen LogP contribution in [0.2, 0.25) is 0 Å². The summed E-state index contributed by atoms with van der Waals surface area (Å²) in [6.07, 6.45) is 6.88. The zero-order valence-electron chi connectivity index (χ0n) is 9.30. The van der Waals surface area contributed by atoms with Crippen molar-refractivity contribution in [2.45, 2.75) is 32.1 Å². The van der Waals surface area contributed by atoms with Gasteiger partial charge in [-0.2, -0.15) is 0 Å². The van der Waals surface area contributed by atoms with Crippen LogP contribution in [0, 0.1) is 0 Å². The molecule has 0 spiro atoms. The number of hydrogen-bond acceptors (Lipinski definition) is 3. The molecule has 1 saturated carbocycles. The van der Waals surface area contributed by atoms with Crippen LogP contribution >= 0.6 is 0 Å². The van der Waals surface area contributed by atoms with Gasteiger partial charge < -0.3 is 16.0 Å². The predicted molar refractivity (Wildman–Crippen MR) is 61.4 cm³/mol. The molecule has 0 amide bonds. The Morgan fingerprint density at radius 3 is 2.14 bits per heavy atom. The average Bonchev–Trinajstić information content (AvgIpc) is 3.07. The molecule has 0 radical (unpaired) electrons. The second kappa shape index (κ2) is 8.21. The smallest absolute Gasteiger partial charge is 0.0110 e. The molecule has 3 N–H and O–H groups in total. The van der Waals surface area contributed by atoms with Gasteiger partial charge in [-0.1, -0.05) is 19.3 Å². The number of hydrogen-bond donors (Lipinski definition) is 2. The third kappa shape index (κ3) is 9.96. The molecule has 0 aromatic heterocycles. The molecule has 1 aliphatic heterocycles. The zero-order chi connectivity index (χ0) is 10.1. The lowest BCUT2D eigenvalue weighted by Crippen LogP contribution is -2.21. The fraction of sp³-hybridized carbons (Fsp3) is 1.00. The summed E-state index contributed by atoms with van der Waals surface area (Å²) in [6, 6.07) is 0. The monoisotopic (exact) mass is 199 g/mol. The van der Waals surface area contributed by atoms with Gasteiger partial charge in [0.05, 0.1) is 0 Å². The normalized spacial score (nSPS) is 18.6. The Morgan fingerprint density at radius 1 is 1.00 bits per heavy atom. The minimum atomic E-state index is 0.805. The van der Waals surface area contributed by atoms with E-state index in [2.05, 4.69) is 10.2 Å². The number of nitrogens with zero attached hydrogens (tertiary/aromatic N) is 1. The van der Waals surface area contributed by atoms with E-state index in [1.165, 1.54) is 45.3 Å². The summed E-state index contributed by atoms with van der Waals surface area (Å²) in [5, 5.41) is 3.36. The first kappa shape index (κ1) is 12.0. The third-order valence-electron chi connectivity index (χ3n) is 2.28. The van der Waals surface area contributed by atoms with Crippen LogP contribution in [-0.4, -0.2) is 44.2 Å². The molecule has 14 heavy (non-hydrogen) atoms. The largest absolute Gasteiger partial charge is 0.330 e. The summed E-state index contributed by atoms with van der Waals surface area (Å²) in [4.78, 5) is 2.45. The molecule has 2 aliphatic rings. The first-order valence-corrected chi connectivity index (χ1v) is 6.06. The van der Waals surface area contributed by atoms with E-state index in [0.29, 0.717) is 0 Å². The predicted octanol–water partition coefficient (Wildman–Crippen LogP) is 0.801. The van der Waals surface area contributed by atoms with Crippen LogP contribution in [0.3, 0.4) is 0 Å². The highest BCUT2D eigenvalue weighted by molar-refractivity contribution is 4.71. The van der Waals surface area contributed by atoms with E-state index in [4.69, 9.17) is 5.73 Å². The van der Waals surface area contributed by atoms with Gasteiger partial charge in [-0.3, -0.25) is 0 Å². The van der Waals surface area contributed by atoms with E-state index in [9.17, 15) is 0 Å². The van der Waals surface area contributed by atoms with Crippen LogP contribution in [0.1, 0.15) is 32.1 Å². The molecule has 1 heterocycles. The topological polar surface area (TPSA) is 41.1 Å². The van der Waals surface area contributed by atoms with Crippen LogP contribution < -0.4 is 11.1 Å². The molecule has 2 rings (SSSR count). The molecule has 3 nitrogen and oxygen atoms in total. The summed E-state index contributed by atoms with van der Waals surface area (Å²) in [5.41, 5.74) is 5.35. The van der Waals surface area contributed by atoms with E-state index in [-0.39, 0.29) is 0 Å². The molecule has 3 heteroatoms. The maximum atomic E-state index is 5.35. The molecule has 2 fully saturated rings. The Hall–Kier alpha value is -0.120. The van der Waals surface area contributed by atoms with Crippen molar-refractivity contribution in [3.63, 3.8) is 0 Å². The Labute approximate surface area is 88.0 Å². The Kier molecular flexibility index (Phi) is 7.01. The molecule has 1 aliphatic carbocycles. The van der Waals surface area contributed by atoms with Crippen molar-refractivity contribution in [2.75, 3.05) is 39.3 Å². The van der Waals surface area contributed by atoms with E-state index >= 15 is 0 Å². The van der Waals surface area contributed by atoms with Gasteiger partial charge in [0.1, 0.15) is 0 Å². The van der Waals surface area contributed by atoms with Gasteiger partial charge in [0.25, 0.3) is 0 Å². The quantitative estimate of drug-likeness (QED) is 0.471. The van der Waals surface area contributed by atoms with Gasteiger partial charge in [0.15, 0.2) is 0 Å². The summed E-state index contributed by atoms with van der Waals surface area (Å²) >= 11 is 0. The van der Waals surface area contributed by atoms with Crippen molar-refractivity contribution in [1.82, 2.24) is 10.2 Å². The van der Waals surface area contributed by atoms with Crippen molar-refractivity contribution < 1.29 is 0 Å². The summed E-state index contributed by atoms with van der Waals surface area (Å²) < 4.78 is 0. The molecule has 0 atom stereocenters. The molecule has 0 unspecified atom stereocenters.